The first-order valence-corrected chi connectivity index (χ1v) is 9.73. The molecule has 2 aromatic carbocycles. The maximum absolute atomic E-state index is 13.1. The van der Waals surface area contributed by atoms with Gasteiger partial charge in [0.15, 0.2) is 0 Å². The van der Waals surface area contributed by atoms with Crippen molar-refractivity contribution in [2.24, 2.45) is 0 Å². The van der Waals surface area contributed by atoms with E-state index < -0.39 is 11.9 Å². The zero-order chi connectivity index (χ0) is 20.5. The van der Waals surface area contributed by atoms with Gasteiger partial charge in [-0.1, -0.05) is 11.6 Å². The summed E-state index contributed by atoms with van der Waals surface area (Å²) >= 11 is 5.87. The zero-order valence-corrected chi connectivity index (χ0v) is 16.3. The Balaban J connectivity index is 1.40. The van der Waals surface area contributed by atoms with E-state index in [2.05, 4.69) is 0 Å². The second-order valence-corrected chi connectivity index (χ2v) is 7.54. The standard InChI is InChI=1S/C21H19ClFN3O3/c22-15-3-1-14(2-4-15)20(28)25-11-9-24(10-12-25)18-13-19(27)26(21(18)29)17-7-5-16(23)6-8-17/h1-8,18H,9-13H2/t18-/m0/s1. The minimum atomic E-state index is -0.555. The van der Waals surface area contributed by atoms with Crippen LogP contribution < -0.4 is 4.90 Å². The van der Waals surface area contributed by atoms with E-state index in [4.69, 9.17) is 11.6 Å². The lowest BCUT2D eigenvalue weighted by atomic mass is 10.1. The molecule has 6 nitrogen and oxygen atoms in total. The first kappa shape index (κ1) is 19.5. The third-order valence-corrected chi connectivity index (χ3v) is 5.59. The minimum absolute atomic E-state index is 0.0805. The van der Waals surface area contributed by atoms with Crippen LogP contribution in [0.2, 0.25) is 5.02 Å². The van der Waals surface area contributed by atoms with Crippen LogP contribution in [0.15, 0.2) is 48.5 Å². The van der Waals surface area contributed by atoms with E-state index in [-0.39, 0.29) is 24.1 Å². The summed E-state index contributed by atoms with van der Waals surface area (Å²) in [6.45, 7) is 1.94. The highest BCUT2D eigenvalue weighted by atomic mass is 35.5. The van der Waals surface area contributed by atoms with Crippen LogP contribution in [-0.4, -0.2) is 59.7 Å². The highest BCUT2D eigenvalue weighted by molar-refractivity contribution is 6.30. The van der Waals surface area contributed by atoms with E-state index in [0.29, 0.717) is 42.5 Å². The van der Waals surface area contributed by atoms with E-state index in [1.165, 1.54) is 24.3 Å². The number of carbonyl (C=O) groups excluding carboxylic acids is 3. The number of hydrogen-bond donors (Lipinski definition) is 0. The Kier molecular flexibility index (Phi) is 5.34. The fourth-order valence-corrected chi connectivity index (χ4v) is 3.90. The predicted molar refractivity (Wildman–Crippen MR) is 106 cm³/mol. The normalized spacial score (nSPS) is 20.4. The molecule has 4 rings (SSSR count). The Labute approximate surface area is 172 Å². The molecule has 8 heteroatoms. The Morgan fingerprint density at radius 3 is 2.17 bits per heavy atom. The SMILES string of the molecule is O=C(c1ccc(Cl)cc1)N1CCN([C@H]2CC(=O)N(c3ccc(F)cc3)C2=O)CC1. The monoisotopic (exact) mass is 415 g/mol. The third-order valence-electron chi connectivity index (χ3n) is 5.34. The number of anilines is 1. The summed E-state index contributed by atoms with van der Waals surface area (Å²) < 4.78 is 13.1. The number of rotatable bonds is 3. The van der Waals surface area contributed by atoms with Gasteiger partial charge in [-0.15, -0.1) is 0 Å². The van der Waals surface area contributed by atoms with Gasteiger partial charge in [0, 0.05) is 36.8 Å². The van der Waals surface area contributed by atoms with Crippen molar-refractivity contribution >= 4 is 35.0 Å². The molecule has 1 atom stereocenters. The van der Waals surface area contributed by atoms with Gasteiger partial charge in [0.25, 0.3) is 11.8 Å². The quantitative estimate of drug-likeness (QED) is 0.723. The lowest BCUT2D eigenvalue weighted by molar-refractivity contribution is -0.123. The number of piperazine rings is 1. The summed E-state index contributed by atoms with van der Waals surface area (Å²) in [5.41, 5.74) is 0.943. The van der Waals surface area contributed by atoms with Gasteiger partial charge in [-0.3, -0.25) is 19.3 Å². The molecule has 3 amide bonds. The first-order chi connectivity index (χ1) is 13.9. The van der Waals surface area contributed by atoms with Crippen molar-refractivity contribution in [1.29, 1.82) is 0 Å². The van der Waals surface area contributed by atoms with E-state index in [1.807, 2.05) is 4.90 Å². The molecule has 2 heterocycles. The molecule has 0 unspecified atom stereocenters. The Morgan fingerprint density at radius 1 is 0.931 bits per heavy atom. The molecule has 0 N–H and O–H groups in total. The van der Waals surface area contributed by atoms with Crippen molar-refractivity contribution in [1.82, 2.24) is 9.80 Å². The average molecular weight is 416 g/mol. The second-order valence-electron chi connectivity index (χ2n) is 7.10. The summed E-state index contributed by atoms with van der Waals surface area (Å²) in [6.07, 6.45) is 0.0847. The summed E-state index contributed by atoms with van der Waals surface area (Å²) in [4.78, 5) is 42.7. The van der Waals surface area contributed by atoms with Crippen LogP contribution in [0.4, 0.5) is 10.1 Å². The molecule has 0 aromatic heterocycles. The maximum atomic E-state index is 13.1. The fourth-order valence-electron chi connectivity index (χ4n) is 3.77. The molecular formula is C21H19ClFN3O3. The summed E-state index contributed by atoms with van der Waals surface area (Å²) in [5.74, 6) is -1.11. The summed E-state index contributed by atoms with van der Waals surface area (Å²) in [7, 11) is 0. The molecule has 0 aliphatic carbocycles. The number of nitrogens with zero attached hydrogens (tertiary/aromatic N) is 3. The van der Waals surface area contributed by atoms with E-state index in [0.717, 1.165) is 4.90 Å². The number of halogens is 2. The molecule has 0 bridgehead atoms. The van der Waals surface area contributed by atoms with Gasteiger partial charge in [-0.2, -0.15) is 0 Å². The zero-order valence-electron chi connectivity index (χ0n) is 15.6. The predicted octanol–water partition coefficient (Wildman–Crippen LogP) is 2.57. The van der Waals surface area contributed by atoms with Crippen molar-refractivity contribution in [3.63, 3.8) is 0 Å². The minimum Gasteiger partial charge on any atom is -0.336 e. The van der Waals surface area contributed by atoms with Crippen molar-refractivity contribution < 1.29 is 18.8 Å². The second kappa shape index (κ2) is 7.93. The van der Waals surface area contributed by atoms with Crippen LogP contribution in [0, 0.1) is 5.82 Å². The van der Waals surface area contributed by atoms with Crippen LogP contribution in [0.3, 0.4) is 0 Å². The Bertz CT molecular complexity index is 941. The van der Waals surface area contributed by atoms with Gasteiger partial charge in [0.05, 0.1) is 18.2 Å². The van der Waals surface area contributed by atoms with Crippen LogP contribution in [-0.2, 0) is 9.59 Å². The van der Waals surface area contributed by atoms with Gasteiger partial charge in [-0.05, 0) is 48.5 Å². The molecule has 0 radical (unpaired) electrons. The fraction of sp³-hybridized carbons (Fsp3) is 0.286. The number of imide groups is 1. The molecule has 0 spiro atoms. The number of amides is 3. The number of carbonyl (C=O) groups is 3. The molecule has 0 saturated carbocycles. The molecule has 29 heavy (non-hydrogen) atoms. The average Bonchev–Trinajstić information content (AvgIpc) is 3.03. The van der Waals surface area contributed by atoms with Gasteiger partial charge in [0.2, 0.25) is 5.91 Å². The lowest BCUT2D eigenvalue weighted by Gasteiger charge is -2.37. The summed E-state index contributed by atoms with van der Waals surface area (Å²) in [6, 6.07) is 11.5. The van der Waals surface area contributed by atoms with E-state index >= 15 is 0 Å². The van der Waals surface area contributed by atoms with Crippen molar-refractivity contribution in [3.05, 3.63) is 64.9 Å². The van der Waals surface area contributed by atoms with Crippen molar-refractivity contribution in [3.8, 4) is 0 Å². The van der Waals surface area contributed by atoms with Gasteiger partial charge < -0.3 is 4.90 Å². The van der Waals surface area contributed by atoms with Crippen LogP contribution in [0.1, 0.15) is 16.8 Å². The van der Waals surface area contributed by atoms with Crippen LogP contribution in [0.5, 0.6) is 0 Å². The van der Waals surface area contributed by atoms with Gasteiger partial charge in [0.1, 0.15) is 5.82 Å². The van der Waals surface area contributed by atoms with Crippen LogP contribution in [0.25, 0.3) is 0 Å². The summed E-state index contributed by atoms with van der Waals surface area (Å²) in [5, 5.41) is 0.571. The highest BCUT2D eigenvalue weighted by Crippen LogP contribution is 2.26. The number of hydrogen-bond acceptors (Lipinski definition) is 4. The molecule has 2 aromatic rings. The molecule has 2 fully saturated rings. The molecule has 2 aliphatic heterocycles. The topological polar surface area (TPSA) is 60.9 Å². The molecule has 150 valence electrons. The third kappa shape index (κ3) is 3.88. The maximum Gasteiger partial charge on any atom is 0.253 e. The highest BCUT2D eigenvalue weighted by Gasteiger charge is 2.43. The Morgan fingerprint density at radius 2 is 1.55 bits per heavy atom. The number of benzene rings is 2. The largest absolute Gasteiger partial charge is 0.336 e. The Hall–Kier alpha value is -2.77. The van der Waals surface area contributed by atoms with E-state index in [9.17, 15) is 18.8 Å². The molecule has 2 aliphatic rings. The van der Waals surface area contributed by atoms with Crippen molar-refractivity contribution in [2.75, 3.05) is 31.1 Å². The van der Waals surface area contributed by atoms with Crippen molar-refractivity contribution in [2.45, 2.75) is 12.5 Å². The lowest BCUT2D eigenvalue weighted by Crippen LogP contribution is -2.53. The van der Waals surface area contributed by atoms with Crippen LogP contribution >= 0.6 is 11.6 Å². The van der Waals surface area contributed by atoms with Gasteiger partial charge >= 0.3 is 0 Å². The smallest absolute Gasteiger partial charge is 0.253 e. The first-order valence-electron chi connectivity index (χ1n) is 9.35. The van der Waals surface area contributed by atoms with Gasteiger partial charge in [-0.25, -0.2) is 9.29 Å². The molecule has 2 saturated heterocycles. The van der Waals surface area contributed by atoms with E-state index in [1.54, 1.807) is 29.2 Å². The molecular weight excluding hydrogens is 397 g/mol.